The first kappa shape index (κ1) is 15.3. The zero-order valence-corrected chi connectivity index (χ0v) is 12.9. The van der Waals surface area contributed by atoms with Gasteiger partial charge < -0.3 is 10.4 Å². The maximum atomic E-state index is 12.1. The molecule has 0 atom stereocenters. The number of hydrogen-bond donors (Lipinski definition) is 2. The smallest absolute Gasteiger partial charge is 0.251 e. The van der Waals surface area contributed by atoms with Gasteiger partial charge in [-0.25, -0.2) is 0 Å². The van der Waals surface area contributed by atoms with Crippen molar-refractivity contribution in [1.29, 1.82) is 0 Å². The molecule has 0 aliphatic heterocycles. The second-order valence-corrected chi connectivity index (χ2v) is 6.01. The maximum absolute atomic E-state index is 12.1. The topological polar surface area (TPSA) is 49.3 Å². The zero-order valence-electron chi connectivity index (χ0n) is 12.1. The van der Waals surface area contributed by atoms with Gasteiger partial charge in [-0.2, -0.15) is 0 Å². The normalized spacial score (nSPS) is 9.86. The Bertz CT molecular complexity index is 670. The van der Waals surface area contributed by atoms with E-state index in [0.29, 0.717) is 12.1 Å². The molecule has 0 spiro atoms. The van der Waals surface area contributed by atoms with Gasteiger partial charge in [0.1, 0.15) is 6.61 Å². The Hall–Kier alpha value is -2.09. The molecule has 0 aliphatic carbocycles. The van der Waals surface area contributed by atoms with Crippen molar-refractivity contribution in [3.05, 3.63) is 56.8 Å². The third-order valence-corrected chi connectivity index (χ3v) is 4.25. The Morgan fingerprint density at radius 2 is 2.00 bits per heavy atom. The summed E-state index contributed by atoms with van der Waals surface area (Å²) >= 11 is 1.71. The van der Waals surface area contributed by atoms with Crippen molar-refractivity contribution in [1.82, 2.24) is 5.32 Å². The van der Waals surface area contributed by atoms with E-state index in [1.165, 1.54) is 10.4 Å². The summed E-state index contributed by atoms with van der Waals surface area (Å²) in [5.41, 5.74) is 2.65. The summed E-state index contributed by atoms with van der Waals surface area (Å²) in [6.45, 7) is 4.53. The fourth-order valence-corrected chi connectivity index (χ4v) is 2.85. The van der Waals surface area contributed by atoms with E-state index in [-0.39, 0.29) is 12.5 Å². The van der Waals surface area contributed by atoms with Crippen LogP contribution in [0.4, 0.5) is 0 Å². The van der Waals surface area contributed by atoms with Crippen molar-refractivity contribution < 1.29 is 9.90 Å². The average molecular weight is 299 g/mol. The van der Waals surface area contributed by atoms with Crippen LogP contribution in [-0.4, -0.2) is 17.6 Å². The summed E-state index contributed by atoms with van der Waals surface area (Å²) in [4.78, 5) is 14.5. The van der Waals surface area contributed by atoms with Crippen molar-refractivity contribution in [3.63, 3.8) is 0 Å². The standard InChI is InChI=1S/C17H17NO2S/c1-12-10-16(21-13(12)2)11-18-17(20)15-7-5-14(6-8-15)4-3-9-19/h5-8,10,19H,9,11H2,1-2H3,(H,18,20). The van der Waals surface area contributed by atoms with E-state index >= 15 is 0 Å². The minimum absolute atomic E-state index is 0.0969. The summed E-state index contributed by atoms with van der Waals surface area (Å²) < 4.78 is 0. The quantitative estimate of drug-likeness (QED) is 0.856. The van der Waals surface area contributed by atoms with Gasteiger partial charge in [-0.05, 0) is 49.7 Å². The van der Waals surface area contributed by atoms with Crippen molar-refractivity contribution in [2.24, 2.45) is 0 Å². The molecule has 2 N–H and O–H groups in total. The van der Waals surface area contributed by atoms with E-state index in [1.54, 1.807) is 35.6 Å². The molecule has 1 aromatic heterocycles. The van der Waals surface area contributed by atoms with Crippen molar-refractivity contribution in [2.75, 3.05) is 6.61 Å². The third-order valence-electron chi connectivity index (χ3n) is 3.10. The van der Waals surface area contributed by atoms with Crippen LogP contribution in [0.2, 0.25) is 0 Å². The summed E-state index contributed by atoms with van der Waals surface area (Å²) in [7, 11) is 0. The lowest BCUT2D eigenvalue weighted by molar-refractivity contribution is 0.0951. The predicted molar refractivity (Wildman–Crippen MR) is 85.4 cm³/mol. The summed E-state index contributed by atoms with van der Waals surface area (Å²) in [5.74, 6) is 5.27. The summed E-state index contributed by atoms with van der Waals surface area (Å²) in [6.07, 6.45) is 0. The molecule has 21 heavy (non-hydrogen) atoms. The Balaban J connectivity index is 1.97. The first-order valence-corrected chi connectivity index (χ1v) is 7.45. The third kappa shape index (κ3) is 4.19. The lowest BCUT2D eigenvalue weighted by Gasteiger charge is -2.03. The van der Waals surface area contributed by atoms with Crippen LogP contribution in [-0.2, 0) is 6.54 Å². The number of benzene rings is 1. The molecule has 1 amide bonds. The van der Waals surface area contributed by atoms with E-state index < -0.39 is 0 Å². The molecule has 0 bridgehead atoms. The largest absolute Gasteiger partial charge is 0.384 e. The van der Waals surface area contributed by atoms with E-state index in [0.717, 1.165) is 10.4 Å². The number of hydrogen-bond acceptors (Lipinski definition) is 3. The molecule has 108 valence electrons. The van der Waals surface area contributed by atoms with Crippen molar-refractivity contribution in [3.8, 4) is 11.8 Å². The van der Waals surface area contributed by atoms with Crippen LogP contribution in [0.5, 0.6) is 0 Å². The average Bonchev–Trinajstić information content (AvgIpc) is 2.82. The number of aliphatic hydroxyl groups excluding tert-OH is 1. The second kappa shape index (κ2) is 7.07. The highest BCUT2D eigenvalue weighted by Crippen LogP contribution is 2.20. The number of aliphatic hydroxyl groups is 1. The highest BCUT2D eigenvalue weighted by atomic mass is 32.1. The van der Waals surface area contributed by atoms with Crippen LogP contribution in [0.1, 0.15) is 31.2 Å². The number of nitrogens with one attached hydrogen (secondary N) is 1. The first-order valence-electron chi connectivity index (χ1n) is 6.64. The number of thiophene rings is 1. The first-order chi connectivity index (χ1) is 10.1. The minimum Gasteiger partial charge on any atom is -0.384 e. The molecule has 0 unspecified atom stereocenters. The Morgan fingerprint density at radius 1 is 1.29 bits per heavy atom. The van der Waals surface area contributed by atoms with Crippen LogP contribution in [0.25, 0.3) is 0 Å². The zero-order chi connectivity index (χ0) is 15.2. The summed E-state index contributed by atoms with van der Waals surface area (Å²) in [6, 6.07) is 9.13. The second-order valence-electron chi connectivity index (χ2n) is 4.67. The molecule has 1 aromatic carbocycles. The van der Waals surface area contributed by atoms with Gasteiger partial charge in [0.05, 0.1) is 6.54 Å². The van der Waals surface area contributed by atoms with Gasteiger partial charge in [0.2, 0.25) is 0 Å². The lowest BCUT2D eigenvalue weighted by atomic mass is 10.1. The minimum atomic E-state index is -0.165. The maximum Gasteiger partial charge on any atom is 0.251 e. The van der Waals surface area contributed by atoms with E-state index in [2.05, 4.69) is 37.1 Å². The van der Waals surface area contributed by atoms with Crippen LogP contribution >= 0.6 is 11.3 Å². The van der Waals surface area contributed by atoms with Gasteiger partial charge in [-0.1, -0.05) is 11.8 Å². The molecule has 0 saturated heterocycles. The molecule has 3 nitrogen and oxygen atoms in total. The van der Waals surface area contributed by atoms with Gasteiger partial charge in [0.25, 0.3) is 5.91 Å². The number of amides is 1. The van der Waals surface area contributed by atoms with Gasteiger partial charge in [-0.3, -0.25) is 4.79 Å². The van der Waals surface area contributed by atoms with Crippen molar-refractivity contribution in [2.45, 2.75) is 20.4 Å². The number of rotatable bonds is 3. The van der Waals surface area contributed by atoms with E-state index in [1.807, 2.05) is 0 Å². The molecule has 0 aliphatic rings. The number of carbonyl (C=O) groups is 1. The van der Waals surface area contributed by atoms with Gasteiger partial charge in [0.15, 0.2) is 0 Å². The summed E-state index contributed by atoms with van der Waals surface area (Å²) in [5, 5.41) is 11.5. The van der Waals surface area contributed by atoms with Crippen molar-refractivity contribution >= 4 is 17.2 Å². The molecular formula is C17H17NO2S. The molecule has 2 aromatic rings. The van der Waals surface area contributed by atoms with E-state index in [9.17, 15) is 4.79 Å². The van der Waals surface area contributed by atoms with Crippen LogP contribution in [0, 0.1) is 25.7 Å². The van der Waals surface area contributed by atoms with E-state index in [4.69, 9.17) is 5.11 Å². The fraction of sp³-hybridized carbons (Fsp3) is 0.235. The predicted octanol–water partition coefficient (Wildman–Crippen LogP) is 2.64. The Kier molecular flexibility index (Phi) is 5.15. The highest BCUT2D eigenvalue weighted by molar-refractivity contribution is 7.12. The van der Waals surface area contributed by atoms with Crippen LogP contribution in [0.3, 0.4) is 0 Å². The van der Waals surface area contributed by atoms with Gasteiger partial charge in [0, 0.05) is 20.9 Å². The fourth-order valence-electron chi connectivity index (χ4n) is 1.85. The molecule has 1 heterocycles. The van der Waals surface area contributed by atoms with Crippen LogP contribution < -0.4 is 5.32 Å². The monoisotopic (exact) mass is 299 g/mol. The molecule has 0 fully saturated rings. The molecule has 0 radical (unpaired) electrons. The molecule has 0 saturated carbocycles. The molecule has 2 rings (SSSR count). The van der Waals surface area contributed by atoms with Gasteiger partial charge >= 0.3 is 0 Å². The lowest BCUT2D eigenvalue weighted by Crippen LogP contribution is -2.22. The number of carbonyl (C=O) groups excluding carboxylic acids is 1. The van der Waals surface area contributed by atoms with Gasteiger partial charge in [-0.15, -0.1) is 11.3 Å². The SMILES string of the molecule is Cc1cc(CNC(=O)c2ccc(C#CCO)cc2)sc1C. The Labute approximate surface area is 128 Å². The molecular weight excluding hydrogens is 282 g/mol. The number of aryl methyl sites for hydroxylation is 2. The highest BCUT2D eigenvalue weighted by Gasteiger charge is 2.07. The Morgan fingerprint density at radius 3 is 2.57 bits per heavy atom. The van der Waals surface area contributed by atoms with Crippen LogP contribution in [0.15, 0.2) is 30.3 Å². The molecule has 4 heteroatoms.